The molecular weight excluding hydrogens is 371 g/mol. The topological polar surface area (TPSA) is 71.3 Å². The summed E-state index contributed by atoms with van der Waals surface area (Å²) in [5.41, 5.74) is 0.443. The van der Waals surface area contributed by atoms with Gasteiger partial charge in [0.2, 0.25) is 5.91 Å². The van der Waals surface area contributed by atoms with Gasteiger partial charge >= 0.3 is 0 Å². The standard InChI is InChI=1S/C20H18ClFN2O3/c1-12(11-25)24-8-7-15-16(20(24)27)3-2-4-18(15)23-19(26)9-13-5-6-14(21)10-17(13)22/h2-8,10,12,25H,9,11H2,1H3,(H,23,26). The van der Waals surface area contributed by atoms with E-state index in [0.717, 1.165) is 6.07 Å². The van der Waals surface area contributed by atoms with E-state index < -0.39 is 11.7 Å². The zero-order valence-corrected chi connectivity index (χ0v) is 15.3. The number of pyridine rings is 1. The second-order valence-corrected chi connectivity index (χ2v) is 6.72. The fourth-order valence-corrected chi connectivity index (χ4v) is 3.03. The van der Waals surface area contributed by atoms with Gasteiger partial charge in [-0.3, -0.25) is 9.59 Å². The number of amides is 1. The Balaban J connectivity index is 1.89. The maximum atomic E-state index is 13.9. The minimum Gasteiger partial charge on any atom is -0.394 e. The molecule has 1 aromatic heterocycles. The first-order chi connectivity index (χ1) is 12.9. The predicted octanol–water partition coefficient (Wildman–Crippen LogP) is 3.53. The van der Waals surface area contributed by atoms with Crippen molar-refractivity contribution in [3.05, 3.63) is 75.4 Å². The van der Waals surface area contributed by atoms with Gasteiger partial charge in [-0.15, -0.1) is 0 Å². The van der Waals surface area contributed by atoms with Crippen LogP contribution >= 0.6 is 11.6 Å². The Bertz CT molecular complexity index is 1060. The van der Waals surface area contributed by atoms with Gasteiger partial charge in [-0.1, -0.05) is 23.7 Å². The normalized spacial score (nSPS) is 12.1. The first kappa shape index (κ1) is 19.1. The van der Waals surface area contributed by atoms with Crippen molar-refractivity contribution in [2.24, 2.45) is 0 Å². The number of benzene rings is 2. The molecule has 0 spiro atoms. The van der Waals surface area contributed by atoms with E-state index >= 15 is 0 Å². The van der Waals surface area contributed by atoms with E-state index in [9.17, 15) is 19.1 Å². The maximum Gasteiger partial charge on any atom is 0.258 e. The van der Waals surface area contributed by atoms with Gasteiger partial charge in [-0.05, 0) is 42.8 Å². The van der Waals surface area contributed by atoms with Crippen molar-refractivity contribution in [3.63, 3.8) is 0 Å². The highest BCUT2D eigenvalue weighted by molar-refractivity contribution is 6.30. The zero-order chi connectivity index (χ0) is 19.6. The lowest BCUT2D eigenvalue weighted by atomic mass is 10.1. The van der Waals surface area contributed by atoms with E-state index in [2.05, 4.69) is 5.32 Å². The van der Waals surface area contributed by atoms with Crippen molar-refractivity contribution < 1.29 is 14.3 Å². The number of fused-ring (bicyclic) bond motifs is 1. The molecular formula is C20H18ClFN2O3. The summed E-state index contributed by atoms with van der Waals surface area (Å²) in [4.78, 5) is 25.0. The molecule has 0 aliphatic carbocycles. The van der Waals surface area contributed by atoms with Gasteiger partial charge in [0.05, 0.1) is 19.1 Å². The minimum absolute atomic E-state index is 0.155. The highest BCUT2D eigenvalue weighted by Crippen LogP contribution is 2.22. The van der Waals surface area contributed by atoms with Crippen molar-refractivity contribution in [1.29, 1.82) is 0 Å². The maximum absolute atomic E-state index is 13.9. The molecule has 140 valence electrons. The number of hydrogen-bond donors (Lipinski definition) is 2. The highest BCUT2D eigenvalue weighted by atomic mass is 35.5. The van der Waals surface area contributed by atoms with Gasteiger partial charge in [0.1, 0.15) is 5.82 Å². The summed E-state index contributed by atoms with van der Waals surface area (Å²) >= 11 is 5.72. The van der Waals surface area contributed by atoms with Crippen LogP contribution in [0.5, 0.6) is 0 Å². The third-order valence-corrected chi connectivity index (χ3v) is 4.59. The molecule has 0 aliphatic heterocycles. The van der Waals surface area contributed by atoms with Crippen LogP contribution in [0.15, 0.2) is 53.5 Å². The van der Waals surface area contributed by atoms with Crippen LogP contribution in [0.2, 0.25) is 5.02 Å². The first-order valence-electron chi connectivity index (χ1n) is 8.39. The van der Waals surface area contributed by atoms with Crippen molar-refractivity contribution >= 4 is 34.0 Å². The number of carbonyl (C=O) groups excluding carboxylic acids is 1. The molecule has 2 N–H and O–H groups in total. The lowest BCUT2D eigenvalue weighted by molar-refractivity contribution is -0.115. The molecule has 5 nitrogen and oxygen atoms in total. The van der Waals surface area contributed by atoms with Crippen molar-refractivity contribution in [3.8, 4) is 0 Å². The summed E-state index contributed by atoms with van der Waals surface area (Å²) < 4.78 is 15.3. The molecule has 1 amide bonds. The number of aliphatic hydroxyl groups is 1. The molecule has 1 unspecified atom stereocenters. The van der Waals surface area contributed by atoms with Gasteiger partial charge in [-0.2, -0.15) is 0 Å². The zero-order valence-electron chi connectivity index (χ0n) is 14.6. The molecule has 0 radical (unpaired) electrons. The Morgan fingerprint density at radius 2 is 2.04 bits per heavy atom. The molecule has 1 heterocycles. The van der Waals surface area contributed by atoms with Crippen LogP contribution in [-0.2, 0) is 11.2 Å². The molecule has 0 bridgehead atoms. The number of halogens is 2. The van der Waals surface area contributed by atoms with Gasteiger partial charge in [0.15, 0.2) is 0 Å². The van der Waals surface area contributed by atoms with Gasteiger partial charge in [-0.25, -0.2) is 4.39 Å². The van der Waals surface area contributed by atoms with Crippen LogP contribution in [-0.4, -0.2) is 22.2 Å². The first-order valence-corrected chi connectivity index (χ1v) is 8.77. The smallest absolute Gasteiger partial charge is 0.258 e. The van der Waals surface area contributed by atoms with Gasteiger partial charge in [0.25, 0.3) is 5.56 Å². The predicted molar refractivity (Wildman–Crippen MR) is 104 cm³/mol. The second-order valence-electron chi connectivity index (χ2n) is 6.29. The average Bonchev–Trinajstić information content (AvgIpc) is 2.64. The number of nitrogens with zero attached hydrogens (tertiary/aromatic N) is 1. The minimum atomic E-state index is -0.545. The van der Waals surface area contributed by atoms with Crippen molar-refractivity contribution in [2.45, 2.75) is 19.4 Å². The van der Waals surface area contributed by atoms with Crippen LogP contribution < -0.4 is 10.9 Å². The quantitative estimate of drug-likeness (QED) is 0.702. The van der Waals surface area contributed by atoms with Crippen LogP contribution in [0.4, 0.5) is 10.1 Å². The number of rotatable bonds is 5. The van der Waals surface area contributed by atoms with E-state index in [0.29, 0.717) is 16.5 Å². The average molecular weight is 389 g/mol. The van der Waals surface area contributed by atoms with Gasteiger partial charge in [0, 0.05) is 27.7 Å². The molecule has 3 rings (SSSR count). The second kappa shape index (κ2) is 7.90. The van der Waals surface area contributed by atoms with E-state index in [4.69, 9.17) is 11.6 Å². The molecule has 0 saturated carbocycles. The van der Waals surface area contributed by atoms with Crippen LogP contribution in [0.3, 0.4) is 0 Å². The van der Waals surface area contributed by atoms with Crippen LogP contribution in [0.25, 0.3) is 10.8 Å². The lowest BCUT2D eigenvalue weighted by Gasteiger charge is -2.14. The Kier molecular flexibility index (Phi) is 5.58. The monoisotopic (exact) mass is 388 g/mol. The highest BCUT2D eigenvalue weighted by Gasteiger charge is 2.13. The lowest BCUT2D eigenvalue weighted by Crippen LogP contribution is -2.25. The molecule has 0 aliphatic rings. The summed E-state index contributed by atoms with van der Waals surface area (Å²) in [5.74, 6) is -0.951. The molecule has 0 saturated heterocycles. The van der Waals surface area contributed by atoms with E-state index in [1.165, 1.54) is 16.7 Å². The van der Waals surface area contributed by atoms with Crippen molar-refractivity contribution in [2.75, 3.05) is 11.9 Å². The number of nitrogens with one attached hydrogen (secondary N) is 1. The van der Waals surface area contributed by atoms with Crippen LogP contribution in [0.1, 0.15) is 18.5 Å². The third kappa shape index (κ3) is 4.02. The summed E-state index contributed by atoms with van der Waals surface area (Å²) in [6, 6.07) is 10.5. The SMILES string of the molecule is CC(CO)n1ccc2c(NC(=O)Cc3ccc(Cl)cc3F)cccc2c1=O. The molecule has 1 atom stereocenters. The Morgan fingerprint density at radius 3 is 2.74 bits per heavy atom. The molecule has 2 aromatic carbocycles. The van der Waals surface area contributed by atoms with Crippen molar-refractivity contribution in [1.82, 2.24) is 4.57 Å². The molecule has 7 heteroatoms. The number of aliphatic hydroxyl groups excluding tert-OH is 1. The molecule has 27 heavy (non-hydrogen) atoms. The van der Waals surface area contributed by atoms with Gasteiger partial charge < -0.3 is 15.0 Å². The Labute approximate surface area is 160 Å². The fourth-order valence-electron chi connectivity index (χ4n) is 2.87. The molecule has 0 fully saturated rings. The number of carbonyl (C=O) groups is 1. The number of anilines is 1. The summed E-state index contributed by atoms with van der Waals surface area (Å²) in [7, 11) is 0. The van der Waals surface area contributed by atoms with E-state index in [1.807, 2.05) is 0 Å². The Hall–Kier alpha value is -2.70. The van der Waals surface area contributed by atoms with E-state index in [1.54, 1.807) is 37.4 Å². The summed E-state index contributed by atoms with van der Waals surface area (Å²) in [5, 5.41) is 13.3. The summed E-state index contributed by atoms with van der Waals surface area (Å²) in [6.07, 6.45) is 1.43. The summed E-state index contributed by atoms with van der Waals surface area (Å²) in [6.45, 7) is 1.58. The fraction of sp³-hybridized carbons (Fsp3) is 0.200. The number of hydrogen-bond acceptors (Lipinski definition) is 3. The largest absolute Gasteiger partial charge is 0.394 e. The number of aromatic nitrogens is 1. The molecule has 3 aromatic rings. The Morgan fingerprint density at radius 1 is 1.26 bits per heavy atom. The van der Waals surface area contributed by atoms with E-state index in [-0.39, 0.29) is 35.2 Å². The third-order valence-electron chi connectivity index (χ3n) is 4.35. The van der Waals surface area contributed by atoms with Crippen LogP contribution in [0, 0.1) is 5.82 Å².